The van der Waals surface area contributed by atoms with Crippen LogP contribution in [0.4, 0.5) is 16.2 Å². The Bertz CT molecular complexity index is 1020. The Kier molecular flexibility index (Phi) is 5.11. The van der Waals surface area contributed by atoms with E-state index < -0.39 is 6.09 Å². The van der Waals surface area contributed by atoms with Crippen LogP contribution in [-0.4, -0.2) is 52.2 Å². The van der Waals surface area contributed by atoms with Gasteiger partial charge in [0.1, 0.15) is 5.75 Å². The van der Waals surface area contributed by atoms with E-state index in [1.165, 1.54) is 0 Å². The Morgan fingerprint density at radius 3 is 2.86 bits per heavy atom. The van der Waals surface area contributed by atoms with E-state index in [0.29, 0.717) is 18.8 Å². The van der Waals surface area contributed by atoms with Crippen molar-refractivity contribution in [2.45, 2.75) is 25.4 Å². The van der Waals surface area contributed by atoms with Crippen LogP contribution in [0, 0.1) is 0 Å². The number of pyridine rings is 1. The fraction of sp³-hybridized carbons (Fsp3) is 0.350. The van der Waals surface area contributed by atoms with Gasteiger partial charge in [-0.05, 0) is 30.5 Å². The third-order valence-electron chi connectivity index (χ3n) is 5.22. The number of nitrogens with zero attached hydrogens (tertiary/aromatic N) is 4. The van der Waals surface area contributed by atoms with Crippen molar-refractivity contribution in [3.05, 3.63) is 42.2 Å². The molecule has 0 spiro atoms. The lowest BCUT2D eigenvalue weighted by Gasteiger charge is -2.35. The molecule has 1 amide bonds. The van der Waals surface area contributed by atoms with E-state index >= 15 is 0 Å². The summed E-state index contributed by atoms with van der Waals surface area (Å²) in [7, 11) is 1.64. The molecule has 3 aromatic rings. The average Bonchev–Trinajstić information content (AvgIpc) is 3.10. The molecule has 1 atom stereocenters. The molecule has 4 N–H and O–H groups in total. The molecule has 1 aromatic carbocycles. The highest BCUT2D eigenvalue weighted by Crippen LogP contribution is 2.33. The first-order valence-corrected chi connectivity index (χ1v) is 9.52. The summed E-state index contributed by atoms with van der Waals surface area (Å²) in [5, 5.41) is 17.0. The summed E-state index contributed by atoms with van der Waals surface area (Å²) in [6.45, 7) is 1.96. The van der Waals surface area contributed by atoms with Crippen LogP contribution >= 0.6 is 0 Å². The van der Waals surface area contributed by atoms with Crippen molar-refractivity contribution in [3.8, 4) is 5.75 Å². The number of rotatable bonds is 5. The number of amides is 1. The molecule has 1 saturated heterocycles. The monoisotopic (exact) mass is 396 g/mol. The maximum Gasteiger partial charge on any atom is 0.404 e. The Morgan fingerprint density at radius 2 is 2.14 bits per heavy atom. The molecule has 0 bridgehead atoms. The maximum absolute atomic E-state index is 11.0. The fourth-order valence-corrected chi connectivity index (χ4v) is 3.87. The minimum Gasteiger partial charge on any atom is -0.497 e. The number of fused-ring (bicyclic) bond motifs is 1. The molecule has 1 fully saturated rings. The Labute approximate surface area is 168 Å². The number of ether oxygens (including phenoxy) is 1. The van der Waals surface area contributed by atoms with Crippen molar-refractivity contribution in [1.29, 1.82) is 0 Å². The predicted molar refractivity (Wildman–Crippen MR) is 110 cm³/mol. The van der Waals surface area contributed by atoms with Crippen LogP contribution in [0.5, 0.6) is 5.75 Å². The smallest absolute Gasteiger partial charge is 0.404 e. The van der Waals surface area contributed by atoms with E-state index in [4.69, 9.17) is 15.6 Å². The van der Waals surface area contributed by atoms with Crippen LogP contribution < -0.4 is 20.7 Å². The lowest BCUT2D eigenvalue weighted by Crippen LogP contribution is -2.47. The van der Waals surface area contributed by atoms with Gasteiger partial charge < -0.3 is 25.8 Å². The van der Waals surface area contributed by atoms with E-state index in [1.807, 2.05) is 28.9 Å². The predicted octanol–water partition coefficient (Wildman–Crippen LogP) is 2.31. The molecule has 29 heavy (non-hydrogen) atoms. The van der Waals surface area contributed by atoms with E-state index in [1.54, 1.807) is 19.5 Å². The van der Waals surface area contributed by atoms with E-state index in [9.17, 15) is 4.79 Å². The first kappa shape index (κ1) is 18.9. The van der Waals surface area contributed by atoms with Crippen molar-refractivity contribution in [2.24, 2.45) is 0 Å². The minimum atomic E-state index is -1.00. The molecule has 3 heterocycles. The van der Waals surface area contributed by atoms with Crippen LogP contribution in [0.15, 0.2) is 36.7 Å². The average molecular weight is 396 g/mol. The van der Waals surface area contributed by atoms with Crippen LogP contribution in [0.25, 0.3) is 11.0 Å². The molecule has 0 aliphatic carbocycles. The highest BCUT2D eigenvalue weighted by Gasteiger charge is 2.25. The molecule has 0 unspecified atom stereocenters. The van der Waals surface area contributed by atoms with Crippen molar-refractivity contribution in [1.82, 2.24) is 20.1 Å². The Balaban J connectivity index is 1.63. The number of anilines is 2. The van der Waals surface area contributed by atoms with Gasteiger partial charge in [-0.2, -0.15) is 5.10 Å². The van der Waals surface area contributed by atoms with E-state index in [-0.39, 0.29) is 6.04 Å². The standard InChI is InChI=1S/C20H24N6O3/c1-29-15-6-4-13(5-7-15)11-26-19-16(9-23-26)18(17(21)10-22-19)25-8-2-3-14(12-25)24-20(27)28/h4-7,9-10,14,24H,2-3,8,11-12,21H2,1H3,(H,27,28)/t14-/m0/s1. The number of nitrogens with two attached hydrogens (primary N) is 1. The number of nitrogen functional groups attached to an aromatic ring is 1. The minimum absolute atomic E-state index is 0.127. The van der Waals surface area contributed by atoms with Crippen molar-refractivity contribution in [2.75, 3.05) is 30.8 Å². The third kappa shape index (κ3) is 3.89. The number of carbonyl (C=O) groups is 1. The largest absolute Gasteiger partial charge is 0.497 e. The summed E-state index contributed by atoms with van der Waals surface area (Å²) in [6, 6.07) is 7.70. The maximum atomic E-state index is 11.0. The molecular weight excluding hydrogens is 372 g/mol. The number of piperidine rings is 1. The summed E-state index contributed by atoms with van der Waals surface area (Å²) < 4.78 is 7.05. The quantitative estimate of drug-likeness (QED) is 0.605. The molecule has 0 saturated carbocycles. The first-order chi connectivity index (χ1) is 14.0. The first-order valence-electron chi connectivity index (χ1n) is 9.52. The van der Waals surface area contributed by atoms with E-state index in [2.05, 4.69) is 20.3 Å². The number of methoxy groups -OCH3 is 1. The molecule has 0 radical (unpaired) electrons. The van der Waals surface area contributed by atoms with Gasteiger partial charge in [0.15, 0.2) is 5.65 Å². The van der Waals surface area contributed by atoms with Gasteiger partial charge in [-0.1, -0.05) is 12.1 Å². The number of carboxylic acid groups (broad SMARTS) is 1. The number of benzene rings is 1. The summed E-state index contributed by atoms with van der Waals surface area (Å²) in [6.07, 6.45) is 4.13. The van der Waals surface area contributed by atoms with Crippen LogP contribution in [-0.2, 0) is 6.54 Å². The summed E-state index contributed by atoms with van der Waals surface area (Å²) >= 11 is 0. The third-order valence-corrected chi connectivity index (χ3v) is 5.22. The molecule has 4 rings (SSSR count). The molecular formula is C20H24N6O3. The van der Waals surface area contributed by atoms with E-state index in [0.717, 1.165) is 47.4 Å². The van der Waals surface area contributed by atoms with Crippen LogP contribution in [0.2, 0.25) is 0 Å². The van der Waals surface area contributed by atoms with Crippen LogP contribution in [0.3, 0.4) is 0 Å². The molecule has 1 aliphatic heterocycles. The second-order valence-electron chi connectivity index (χ2n) is 7.18. The normalized spacial score (nSPS) is 16.7. The number of hydrogen-bond donors (Lipinski definition) is 3. The Morgan fingerprint density at radius 1 is 1.34 bits per heavy atom. The highest BCUT2D eigenvalue weighted by molar-refractivity contribution is 5.96. The van der Waals surface area contributed by atoms with Gasteiger partial charge in [0.25, 0.3) is 0 Å². The zero-order chi connectivity index (χ0) is 20.4. The van der Waals surface area contributed by atoms with Crippen LogP contribution in [0.1, 0.15) is 18.4 Å². The van der Waals surface area contributed by atoms with Crippen molar-refractivity contribution >= 4 is 28.5 Å². The van der Waals surface area contributed by atoms with Gasteiger partial charge in [0.2, 0.25) is 0 Å². The number of nitrogens with one attached hydrogen (secondary N) is 1. The van der Waals surface area contributed by atoms with Crippen molar-refractivity contribution < 1.29 is 14.6 Å². The second-order valence-corrected chi connectivity index (χ2v) is 7.18. The molecule has 152 valence electrons. The lowest BCUT2D eigenvalue weighted by atomic mass is 10.0. The van der Waals surface area contributed by atoms with Gasteiger partial charge in [0.05, 0.1) is 42.8 Å². The molecule has 2 aromatic heterocycles. The summed E-state index contributed by atoms with van der Waals surface area (Å²) in [5.41, 5.74) is 9.53. The number of aromatic nitrogens is 3. The fourth-order valence-electron chi connectivity index (χ4n) is 3.87. The second kappa shape index (κ2) is 7.86. The van der Waals surface area contributed by atoms with Gasteiger partial charge >= 0.3 is 6.09 Å². The van der Waals surface area contributed by atoms with Gasteiger partial charge in [-0.25, -0.2) is 14.5 Å². The summed E-state index contributed by atoms with van der Waals surface area (Å²) in [4.78, 5) is 17.7. The SMILES string of the molecule is COc1ccc(Cn2ncc3c(N4CCC[C@H](NC(=O)O)C4)c(N)cnc32)cc1. The molecule has 1 aliphatic rings. The zero-order valence-electron chi connectivity index (χ0n) is 16.2. The summed E-state index contributed by atoms with van der Waals surface area (Å²) in [5.74, 6) is 0.807. The van der Waals surface area contributed by atoms with Gasteiger partial charge in [-0.3, -0.25) is 0 Å². The number of hydrogen-bond acceptors (Lipinski definition) is 6. The molecule has 9 heteroatoms. The van der Waals surface area contributed by atoms with Gasteiger partial charge in [-0.15, -0.1) is 0 Å². The molecule has 9 nitrogen and oxygen atoms in total. The highest BCUT2D eigenvalue weighted by atomic mass is 16.5. The van der Waals surface area contributed by atoms with Crippen molar-refractivity contribution in [3.63, 3.8) is 0 Å². The zero-order valence-corrected chi connectivity index (χ0v) is 16.2. The topological polar surface area (TPSA) is 119 Å². The lowest BCUT2D eigenvalue weighted by molar-refractivity contribution is 0.188. The Hall–Kier alpha value is -3.49. The van der Waals surface area contributed by atoms with Gasteiger partial charge in [0, 0.05) is 19.1 Å².